The largest absolute Gasteiger partial charge is 0.377 e. The smallest absolute Gasteiger partial charge is 0.258 e. The number of nitrogens with one attached hydrogen (secondary N) is 2. The van der Waals surface area contributed by atoms with Crippen LogP contribution in [0.25, 0.3) is 10.9 Å². The quantitative estimate of drug-likeness (QED) is 0.861. The standard InChI is InChI=1S/C18H21FN4O3/c1-10-12-4-3-11(7-13(12)22-21-10)16(24)23-8-14(15(9-23)26-2)20-17(25)18(19)5-6-18/h3-4,7,14-15H,5-6,8-9H2,1-2H3,(H,20,25)(H,21,22)/t14-,15+/m0/s1. The van der Waals surface area contributed by atoms with Gasteiger partial charge in [-0.05, 0) is 31.9 Å². The fraction of sp³-hybridized carbons (Fsp3) is 0.500. The first-order valence-corrected chi connectivity index (χ1v) is 8.68. The molecule has 2 fully saturated rings. The molecule has 0 radical (unpaired) electrons. The molecule has 1 aliphatic carbocycles. The highest BCUT2D eigenvalue weighted by molar-refractivity contribution is 5.98. The molecule has 0 unspecified atom stereocenters. The second-order valence-corrected chi connectivity index (χ2v) is 7.11. The average molecular weight is 360 g/mol. The van der Waals surface area contributed by atoms with Crippen molar-refractivity contribution in [3.8, 4) is 0 Å². The van der Waals surface area contributed by atoms with Gasteiger partial charge < -0.3 is 15.0 Å². The first-order valence-electron chi connectivity index (χ1n) is 8.68. The van der Waals surface area contributed by atoms with Gasteiger partial charge in [-0.15, -0.1) is 0 Å². The summed E-state index contributed by atoms with van der Waals surface area (Å²) in [7, 11) is 1.53. The van der Waals surface area contributed by atoms with E-state index in [1.54, 1.807) is 17.0 Å². The number of amides is 2. The lowest BCUT2D eigenvalue weighted by atomic mass is 10.1. The number of ether oxygens (including phenoxy) is 1. The van der Waals surface area contributed by atoms with Crippen LogP contribution < -0.4 is 5.32 Å². The Morgan fingerprint density at radius 1 is 1.38 bits per heavy atom. The second-order valence-electron chi connectivity index (χ2n) is 7.11. The van der Waals surface area contributed by atoms with E-state index in [9.17, 15) is 14.0 Å². The van der Waals surface area contributed by atoms with E-state index in [0.29, 0.717) is 12.1 Å². The summed E-state index contributed by atoms with van der Waals surface area (Å²) in [5.41, 5.74) is 0.463. The van der Waals surface area contributed by atoms with Crippen LogP contribution in [-0.2, 0) is 9.53 Å². The SMILES string of the molecule is CO[C@@H]1CN(C(=O)c2ccc3c(C)[nH]nc3c2)C[C@@H]1NC(=O)C1(F)CC1. The minimum atomic E-state index is -1.74. The zero-order chi connectivity index (χ0) is 18.5. The zero-order valence-electron chi connectivity index (χ0n) is 14.7. The van der Waals surface area contributed by atoms with Crippen LogP contribution in [-0.4, -0.2) is 64.9 Å². The molecule has 7 nitrogen and oxygen atoms in total. The van der Waals surface area contributed by atoms with Crippen molar-refractivity contribution >= 4 is 22.7 Å². The average Bonchev–Trinajstić information content (AvgIpc) is 3.11. The van der Waals surface area contributed by atoms with Crippen molar-refractivity contribution in [2.75, 3.05) is 20.2 Å². The van der Waals surface area contributed by atoms with E-state index < -0.39 is 17.6 Å². The number of hydrogen-bond acceptors (Lipinski definition) is 4. The number of methoxy groups -OCH3 is 1. The summed E-state index contributed by atoms with van der Waals surface area (Å²) in [6.07, 6.45) is 0.158. The Balaban J connectivity index is 1.49. The number of carbonyl (C=O) groups excluding carboxylic acids is 2. The van der Waals surface area contributed by atoms with Gasteiger partial charge in [0.2, 0.25) is 0 Å². The lowest BCUT2D eigenvalue weighted by Gasteiger charge is -2.19. The Labute approximate surface area is 149 Å². The van der Waals surface area contributed by atoms with E-state index >= 15 is 0 Å². The lowest BCUT2D eigenvalue weighted by Crippen LogP contribution is -2.47. The fourth-order valence-electron chi connectivity index (χ4n) is 3.41. The molecule has 2 aliphatic rings. The Morgan fingerprint density at radius 2 is 2.15 bits per heavy atom. The molecular weight excluding hydrogens is 339 g/mol. The highest BCUT2D eigenvalue weighted by atomic mass is 19.1. The van der Waals surface area contributed by atoms with Gasteiger partial charge in [0.15, 0.2) is 5.67 Å². The summed E-state index contributed by atoms with van der Waals surface area (Å²) >= 11 is 0. The summed E-state index contributed by atoms with van der Waals surface area (Å²) in [6, 6.07) is 4.96. The molecule has 1 saturated carbocycles. The van der Waals surface area contributed by atoms with Crippen LogP contribution in [0.5, 0.6) is 0 Å². The predicted octanol–water partition coefficient (Wildman–Crippen LogP) is 1.33. The van der Waals surface area contributed by atoms with Gasteiger partial charge in [0, 0.05) is 36.8 Å². The maximum Gasteiger partial charge on any atom is 0.258 e. The first-order chi connectivity index (χ1) is 12.4. The Morgan fingerprint density at radius 3 is 2.85 bits per heavy atom. The Bertz CT molecular complexity index is 876. The van der Waals surface area contributed by atoms with E-state index in [2.05, 4.69) is 15.5 Å². The normalized spacial score (nSPS) is 24.0. The molecule has 2 amide bonds. The van der Waals surface area contributed by atoms with Gasteiger partial charge in [0.25, 0.3) is 11.8 Å². The third kappa shape index (κ3) is 2.84. The van der Waals surface area contributed by atoms with E-state index in [4.69, 9.17) is 4.74 Å². The zero-order valence-corrected chi connectivity index (χ0v) is 14.7. The van der Waals surface area contributed by atoms with Crippen LogP contribution in [0.4, 0.5) is 4.39 Å². The summed E-state index contributed by atoms with van der Waals surface area (Å²) in [4.78, 5) is 26.5. The molecule has 2 aromatic rings. The van der Waals surface area contributed by atoms with Crippen molar-refractivity contribution in [3.63, 3.8) is 0 Å². The number of alkyl halides is 1. The molecule has 138 valence electrons. The fourth-order valence-corrected chi connectivity index (χ4v) is 3.41. The number of halogens is 1. The van der Waals surface area contributed by atoms with Gasteiger partial charge in [0.05, 0.1) is 17.7 Å². The number of fused-ring (bicyclic) bond motifs is 1. The molecule has 1 aliphatic heterocycles. The molecule has 2 atom stereocenters. The van der Waals surface area contributed by atoms with Gasteiger partial charge in [-0.3, -0.25) is 14.7 Å². The molecule has 1 aromatic carbocycles. The van der Waals surface area contributed by atoms with Crippen LogP contribution in [0.1, 0.15) is 28.9 Å². The lowest BCUT2D eigenvalue weighted by molar-refractivity contribution is -0.128. The van der Waals surface area contributed by atoms with Gasteiger partial charge in [-0.2, -0.15) is 5.10 Å². The number of aromatic amines is 1. The minimum absolute atomic E-state index is 0.160. The highest BCUT2D eigenvalue weighted by Gasteiger charge is 2.52. The van der Waals surface area contributed by atoms with Crippen LogP contribution in [0.3, 0.4) is 0 Å². The molecular formula is C18H21FN4O3. The molecule has 2 heterocycles. The summed E-state index contributed by atoms with van der Waals surface area (Å²) in [5.74, 6) is -0.764. The van der Waals surface area contributed by atoms with Gasteiger partial charge in [-0.25, -0.2) is 4.39 Å². The summed E-state index contributed by atoms with van der Waals surface area (Å²) in [5, 5.41) is 10.8. The number of benzene rings is 1. The molecule has 1 aromatic heterocycles. The number of carbonyl (C=O) groups is 2. The third-order valence-electron chi connectivity index (χ3n) is 5.26. The van der Waals surface area contributed by atoms with Crippen LogP contribution in [0.2, 0.25) is 0 Å². The number of aryl methyl sites for hydroxylation is 1. The Kier molecular flexibility index (Phi) is 3.95. The van der Waals surface area contributed by atoms with Crippen molar-refractivity contribution in [1.82, 2.24) is 20.4 Å². The maximum atomic E-state index is 13.9. The van der Waals surface area contributed by atoms with Crippen molar-refractivity contribution in [1.29, 1.82) is 0 Å². The number of likely N-dealkylation sites (tertiary alicyclic amines) is 1. The maximum absolute atomic E-state index is 13.9. The number of hydrogen-bond donors (Lipinski definition) is 2. The first kappa shape index (κ1) is 17.0. The van der Waals surface area contributed by atoms with Gasteiger partial charge >= 0.3 is 0 Å². The van der Waals surface area contributed by atoms with E-state index in [1.807, 2.05) is 13.0 Å². The number of H-pyrrole nitrogens is 1. The second kappa shape index (κ2) is 6.05. The summed E-state index contributed by atoms with van der Waals surface area (Å²) < 4.78 is 19.3. The van der Waals surface area contributed by atoms with Gasteiger partial charge in [0.1, 0.15) is 0 Å². The number of aromatic nitrogens is 2. The van der Waals surface area contributed by atoms with E-state index in [-0.39, 0.29) is 31.4 Å². The van der Waals surface area contributed by atoms with Crippen molar-refractivity contribution in [2.45, 2.75) is 37.6 Å². The molecule has 0 bridgehead atoms. The van der Waals surface area contributed by atoms with Crippen LogP contribution in [0, 0.1) is 6.92 Å². The summed E-state index contributed by atoms with van der Waals surface area (Å²) in [6.45, 7) is 2.55. The molecule has 0 spiro atoms. The van der Waals surface area contributed by atoms with Crippen LogP contribution >= 0.6 is 0 Å². The number of nitrogens with zero attached hydrogens (tertiary/aromatic N) is 2. The van der Waals surface area contributed by atoms with E-state index in [1.165, 1.54) is 7.11 Å². The molecule has 1 saturated heterocycles. The molecule has 4 rings (SSSR count). The molecule has 8 heteroatoms. The predicted molar refractivity (Wildman–Crippen MR) is 92.5 cm³/mol. The number of rotatable bonds is 4. The van der Waals surface area contributed by atoms with Crippen molar-refractivity contribution in [3.05, 3.63) is 29.5 Å². The molecule has 2 N–H and O–H groups in total. The van der Waals surface area contributed by atoms with E-state index in [0.717, 1.165) is 16.6 Å². The molecule has 26 heavy (non-hydrogen) atoms. The topological polar surface area (TPSA) is 87.3 Å². The van der Waals surface area contributed by atoms with Crippen molar-refractivity contribution in [2.24, 2.45) is 0 Å². The third-order valence-corrected chi connectivity index (χ3v) is 5.26. The highest BCUT2D eigenvalue weighted by Crippen LogP contribution is 2.40. The minimum Gasteiger partial charge on any atom is -0.377 e. The Hall–Kier alpha value is -2.48. The monoisotopic (exact) mass is 360 g/mol. The van der Waals surface area contributed by atoms with Crippen molar-refractivity contribution < 1.29 is 18.7 Å². The van der Waals surface area contributed by atoms with Gasteiger partial charge in [-0.1, -0.05) is 6.07 Å². The van der Waals surface area contributed by atoms with Crippen LogP contribution in [0.15, 0.2) is 18.2 Å².